The first kappa shape index (κ1) is 17.8. The third-order valence-corrected chi connectivity index (χ3v) is 3.73. The van der Waals surface area contributed by atoms with E-state index >= 15 is 0 Å². The minimum absolute atomic E-state index is 0.237. The van der Waals surface area contributed by atoms with Gasteiger partial charge in [0.25, 0.3) is 5.91 Å². The number of carbonyl (C=O) groups excluding carboxylic acids is 3. The van der Waals surface area contributed by atoms with Gasteiger partial charge in [0.05, 0.1) is 5.56 Å². The van der Waals surface area contributed by atoms with E-state index in [0.717, 1.165) is 12.1 Å². The van der Waals surface area contributed by atoms with Gasteiger partial charge in [-0.2, -0.15) is 0 Å². The highest BCUT2D eigenvalue weighted by molar-refractivity contribution is 9.10. The molecule has 124 valence electrons. The molecule has 0 saturated carbocycles. The van der Waals surface area contributed by atoms with Gasteiger partial charge in [0.2, 0.25) is 0 Å². The van der Waals surface area contributed by atoms with Crippen molar-refractivity contribution < 1.29 is 23.5 Å². The van der Waals surface area contributed by atoms with Crippen molar-refractivity contribution in [3.63, 3.8) is 0 Å². The van der Waals surface area contributed by atoms with E-state index in [2.05, 4.69) is 21.2 Å². The van der Waals surface area contributed by atoms with Crippen LogP contribution in [0.5, 0.6) is 0 Å². The van der Waals surface area contributed by atoms with Crippen LogP contribution in [0.3, 0.4) is 0 Å². The van der Waals surface area contributed by atoms with Crippen molar-refractivity contribution >= 4 is 33.6 Å². The zero-order valence-electron chi connectivity index (χ0n) is 12.4. The highest BCUT2D eigenvalue weighted by Gasteiger charge is 2.13. The first-order valence-corrected chi connectivity index (χ1v) is 7.74. The Hall–Kier alpha value is -2.54. The third-order valence-electron chi connectivity index (χ3n) is 3.04. The van der Waals surface area contributed by atoms with E-state index < -0.39 is 30.1 Å². The summed E-state index contributed by atoms with van der Waals surface area (Å²) in [6.07, 6.45) is 0. The normalized spacial score (nSPS) is 10.1. The second-order valence-electron chi connectivity index (χ2n) is 4.75. The molecular formula is C17H13BrFNO4. The first-order valence-electron chi connectivity index (χ1n) is 6.94. The molecule has 0 atom stereocenters. The molecule has 0 unspecified atom stereocenters. The van der Waals surface area contributed by atoms with Crippen LogP contribution in [0, 0.1) is 5.82 Å². The predicted molar refractivity (Wildman–Crippen MR) is 88.2 cm³/mol. The third kappa shape index (κ3) is 4.99. The lowest BCUT2D eigenvalue weighted by Gasteiger charge is -2.07. The van der Waals surface area contributed by atoms with Gasteiger partial charge >= 0.3 is 5.97 Å². The number of amides is 1. The SMILES string of the molecule is O=C(CNC(=O)c1ccccc1Br)OCC(=O)c1ccc(F)cc1. The van der Waals surface area contributed by atoms with Gasteiger partial charge in [-0.1, -0.05) is 12.1 Å². The van der Waals surface area contributed by atoms with E-state index in [9.17, 15) is 18.8 Å². The number of esters is 1. The summed E-state index contributed by atoms with van der Waals surface area (Å²) in [5.41, 5.74) is 0.620. The first-order chi connectivity index (χ1) is 11.5. The van der Waals surface area contributed by atoms with Crippen molar-refractivity contribution in [3.8, 4) is 0 Å². The van der Waals surface area contributed by atoms with Crippen LogP contribution < -0.4 is 5.32 Å². The van der Waals surface area contributed by atoms with Gasteiger partial charge in [-0.05, 0) is 52.3 Å². The maximum absolute atomic E-state index is 12.8. The smallest absolute Gasteiger partial charge is 0.325 e. The van der Waals surface area contributed by atoms with Crippen LogP contribution in [0.25, 0.3) is 0 Å². The summed E-state index contributed by atoms with van der Waals surface area (Å²) < 4.78 is 18.2. The van der Waals surface area contributed by atoms with E-state index in [0.29, 0.717) is 10.0 Å². The molecule has 5 nitrogen and oxygen atoms in total. The zero-order valence-corrected chi connectivity index (χ0v) is 14.0. The van der Waals surface area contributed by atoms with Gasteiger partial charge in [0.1, 0.15) is 12.4 Å². The Morgan fingerprint density at radius 1 is 1.04 bits per heavy atom. The van der Waals surface area contributed by atoms with Crippen LogP contribution >= 0.6 is 15.9 Å². The molecule has 0 aliphatic heterocycles. The number of Topliss-reactive ketones (excluding diaryl/α,β-unsaturated/α-hetero) is 1. The van der Waals surface area contributed by atoms with E-state index in [1.54, 1.807) is 24.3 Å². The molecule has 7 heteroatoms. The Morgan fingerprint density at radius 3 is 2.38 bits per heavy atom. The average molecular weight is 394 g/mol. The summed E-state index contributed by atoms with van der Waals surface area (Å²) >= 11 is 3.24. The molecule has 0 bridgehead atoms. The van der Waals surface area contributed by atoms with E-state index in [1.807, 2.05) is 0 Å². The maximum Gasteiger partial charge on any atom is 0.325 e. The van der Waals surface area contributed by atoms with Crippen LogP contribution in [0.1, 0.15) is 20.7 Å². The Morgan fingerprint density at radius 2 is 1.71 bits per heavy atom. The van der Waals surface area contributed by atoms with Crippen molar-refractivity contribution in [1.82, 2.24) is 5.32 Å². The summed E-state index contributed by atoms with van der Waals surface area (Å²) in [6, 6.07) is 11.7. The molecule has 0 aliphatic carbocycles. The van der Waals surface area contributed by atoms with Crippen molar-refractivity contribution in [2.45, 2.75) is 0 Å². The monoisotopic (exact) mass is 393 g/mol. The van der Waals surface area contributed by atoms with Gasteiger partial charge in [-0.25, -0.2) is 4.39 Å². The number of hydrogen-bond donors (Lipinski definition) is 1. The summed E-state index contributed by atoms with van der Waals surface area (Å²) in [5.74, 6) is -2.10. The number of hydrogen-bond acceptors (Lipinski definition) is 4. The molecule has 2 rings (SSSR count). The highest BCUT2D eigenvalue weighted by atomic mass is 79.9. The van der Waals surface area contributed by atoms with E-state index in [4.69, 9.17) is 4.74 Å². The van der Waals surface area contributed by atoms with Crippen molar-refractivity contribution in [2.24, 2.45) is 0 Å². The Kier molecular flexibility index (Phi) is 6.20. The Balaban J connectivity index is 1.79. The molecular weight excluding hydrogens is 381 g/mol. The lowest BCUT2D eigenvalue weighted by Crippen LogP contribution is -2.31. The minimum Gasteiger partial charge on any atom is -0.456 e. The molecule has 0 spiro atoms. The molecule has 0 aromatic heterocycles. The number of benzene rings is 2. The molecule has 2 aromatic rings. The lowest BCUT2D eigenvalue weighted by atomic mass is 10.1. The fraction of sp³-hybridized carbons (Fsp3) is 0.118. The summed E-state index contributed by atoms with van der Waals surface area (Å²) in [7, 11) is 0. The van der Waals surface area contributed by atoms with Crippen molar-refractivity contribution in [1.29, 1.82) is 0 Å². The highest BCUT2D eigenvalue weighted by Crippen LogP contribution is 2.15. The number of ketones is 1. The van der Waals surface area contributed by atoms with Gasteiger partial charge in [0.15, 0.2) is 12.4 Å². The molecule has 24 heavy (non-hydrogen) atoms. The Labute approximate surface area is 145 Å². The second kappa shape index (κ2) is 8.35. The van der Waals surface area contributed by atoms with E-state index in [-0.39, 0.29) is 12.1 Å². The van der Waals surface area contributed by atoms with Gasteiger partial charge in [-0.15, -0.1) is 0 Å². The van der Waals surface area contributed by atoms with Gasteiger partial charge < -0.3 is 10.1 Å². The fourth-order valence-corrected chi connectivity index (χ4v) is 2.27. The Bertz CT molecular complexity index is 761. The molecule has 1 amide bonds. The quantitative estimate of drug-likeness (QED) is 0.604. The number of halogens is 2. The van der Waals surface area contributed by atoms with Crippen LogP contribution in [0.2, 0.25) is 0 Å². The maximum atomic E-state index is 12.8. The molecule has 0 aliphatic rings. The predicted octanol–water partition coefficient (Wildman–Crippen LogP) is 2.74. The number of ether oxygens (including phenoxy) is 1. The summed E-state index contributed by atoms with van der Waals surface area (Å²) in [5, 5.41) is 2.41. The van der Waals surface area contributed by atoms with Crippen LogP contribution in [0.4, 0.5) is 4.39 Å². The van der Waals surface area contributed by atoms with Gasteiger partial charge in [0, 0.05) is 10.0 Å². The van der Waals surface area contributed by atoms with Crippen LogP contribution in [-0.2, 0) is 9.53 Å². The van der Waals surface area contributed by atoms with Crippen molar-refractivity contribution in [3.05, 3.63) is 69.9 Å². The minimum atomic E-state index is -0.745. The summed E-state index contributed by atoms with van der Waals surface area (Å²) in [6.45, 7) is -0.841. The van der Waals surface area contributed by atoms with Crippen LogP contribution in [-0.4, -0.2) is 30.8 Å². The lowest BCUT2D eigenvalue weighted by molar-refractivity contribution is -0.141. The number of rotatable bonds is 6. The molecule has 0 fully saturated rings. The number of carbonyl (C=O) groups is 3. The molecule has 0 heterocycles. The molecule has 0 radical (unpaired) electrons. The molecule has 1 N–H and O–H groups in total. The largest absolute Gasteiger partial charge is 0.456 e. The zero-order chi connectivity index (χ0) is 17.5. The summed E-state index contributed by atoms with van der Waals surface area (Å²) in [4.78, 5) is 35.3. The van der Waals surface area contributed by atoms with E-state index in [1.165, 1.54) is 12.1 Å². The van der Waals surface area contributed by atoms with Crippen molar-refractivity contribution in [2.75, 3.05) is 13.2 Å². The molecule has 0 saturated heterocycles. The number of nitrogens with one attached hydrogen (secondary N) is 1. The standard InChI is InChI=1S/C17H13BrFNO4/c18-14-4-2-1-3-13(14)17(23)20-9-16(22)24-10-15(21)11-5-7-12(19)8-6-11/h1-8H,9-10H2,(H,20,23). The fourth-order valence-electron chi connectivity index (χ4n) is 1.81. The average Bonchev–Trinajstić information content (AvgIpc) is 2.58. The van der Waals surface area contributed by atoms with Crippen LogP contribution in [0.15, 0.2) is 53.0 Å². The second-order valence-corrected chi connectivity index (χ2v) is 5.61. The van der Waals surface area contributed by atoms with Gasteiger partial charge in [-0.3, -0.25) is 14.4 Å². The topological polar surface area (TPSA) is 72.5 Å². The molecule has 2 aromatic carbocycles.